The molecular formula is C13H25NO2. The number of methoxy groups -OCH3 is 1. The molecule has 0 radical (unpaired) electrons. The van der Waals surface area contributed by atoms with Crippen molar-refractivity contribution in [2.45, 2.75) is 64.3 Å². The van der Waals surface area contributed by atoms with E-state index < -0.39 is 0 Å². The van der Waals surface area contributed by atoms with Gasteiger partial charge in [-0.2, -0.15) is 0 Å². The Labute approximate surface area is 98.9 Å². The molecule has 0 aromatic rings. The van der Waals surface area contributed by atoms with Gasteiger partial charge in [-0.25, -0.2) is 0 Å². The number of nitrogens with one attached hydrogen (secondary N) is 1. The monoisotopic (exact) mass is 227 g/mol. The van der Waals surface area contributed by atoms with Crippen molar-refractivity contribution in [2.24, 2.45) is 5.41 Å². The van der Waals surface area contributed by atoms with E-state index in [4.69, 9.17) is 9.47 Å². The molecule has 16 heavy (non-hydrogen) atoms. The van der Waals surface area contributed by atoms with Crippen LogP contribution in [0.4, 0.5) is 0 Å². The summed E-state index contributed by atoms with van der Waals surface area (Å²) in [5.41, 5.74) is 0.286. The van der Waals surface area contributed by atoms with E-state index in [9.17, 15) is 0 Å². The van der Waals surface area contributed by atoms with Crippen LogP contribution in [0.15, 0.2) is 0 Å². The SMILES string of the molecule is CCOC1CC(NC2CC(OC)C2)C1(C)C. The Hall–Kier alpha value is -0.120. The van der Waals surface area contributed by atoms with Crippen molar-refractivity contribution in [3.63, 3.8) is 0 Å². The largest absolute Gasteiger partial charge is 0.381 e. The highest BCUT2D eigenvalue weighted by Crippen LogP contribution is 2.43. The molecule has 0 saturated heterocycles. The van der Waals surface area contributed by atoms with Crippen molar-refractivity contribution in [1.29, 1.82) is 0 Å². The second kappa shape index (κ2) is 4.63. The topological polar surface area (TPSA) is 30.5 Å². The zero-order chi connectivity index (χ0) is 11.8. The minimum absolute atomic E-state index is 0.286. The summed E-state index contributed by atoms with van der Waals surface area (Å²) in [6.07, 6.45) is 4.43. The van der Waals surface area contributed by atoms with Gasteiger partial charge in [-0.3, -0.25) is 0 Å². The van der Waals surface area contributed by atoms with Crippen LogP contribution in [0.1, 0.15) is 40.0 Å². The first-order chi connectivity index (χ1) is 7.57. The Morgan fingerprint density at radius 3 is 2.44 bits per heavy atom. The van der Waals surface area contributed by atoms with Crippen LogP contribution in [0.3, 0.4) is 0 Å². The lowest BCUT2D eigenvalue weighted by Gasteiger charge is -2.54. The normalized spacial score (nSPS) is 41.2. The molecule has 0 spiro atoms. The second-order valence-electron chi connectivity index (χ2n) is 5.75. The van der Waals surface area contributed by atoms with Crippen molar-refractivity contribution >= 4 is 0 Å². The van der Waals surface area contributed by atoms with Gasteiger partial charge in [0, 0.05) is 31.2 Å². The zero-order valence-corrected chi connectivity index (χ0v) is 11.0. The molecule has 0 bridgehead atoms. The molecule has 0 aromatic carbocycles. The van der Waals surface area contributed by atoms with Crippen molar-refractivity contribution in [3.05, 3.63) is 0 Å². The van der Waals surface area contributed by atoms with Gasteiger partial charge < -0.3 is 14.8 Å². The summed E-state index contributed by atoms with van der Waals surface area (Å²) >= 11 is 0. The predicted octanol–water partition coefficient (Wildman–Crippen LogP) is 1.96. The lowest BCUT2D eigenvalue weighted by molar-refractivity contribution is -0.122. The third-order valence-electron chi connectivity index (χ3n) is 4.41. The highest BCUT2D eigenvalue weighted by Gasteiger charge is 2.50. The maximum Gasteiger partial charge on any atom is 0.0655 e. The van der Waals surface area contributed by atoms with Crippen LogP contribution < -0.4 is 5.32 Å². The highest BCUT2D eigenvalue weighted by molar-refractivity contribution is 5.05. The lowest BCUT2D eigenvalue weighted by atomic mass is 9.63. The number of ether oxygens (including phenoxy) is 2. The predicted molar refractivity (Wildman–Crippen MR) is 64.6 cm³/mol. The van der Waals surface area contributed by atoms with E-state index in [1.54, 1.807) is 7.11 Å². The third kappa shape index (κ3) is 2.13. The molecule has 2 unspecified atom stereocenters. The van der Waals surface area contributed by atoms with Crippen molar-refractivity contribution in [1.82, 2.24) is 5.32 Å². The van der Waals surface area contributed by atoms with Gasteiger partial charge in [0.1, 0.15) is 0 Å². The van der Waals surface area contributed by atoms with Gasteiger partial charge in [0.15, 0.2) is 0 Å². The van der Waals surface area contributed by atoms with Crippen molar-refractivity contribution in [3.8, 4) is 0 Å². The van der Waals surface area contributed by atoms with Gasteiger partial charge in [-0.1, -0.05) is 13.8 Å². The molecule has 0 aromatic heterocycles. The zero-order valence-electron chi connectivity index (χ0n) is 11.0. The summed E-state index contributed by atoms with van der Waals surface area (Å²) in [5.74, 6) is 0. The Balaban J connectivity index is 1.73. The van der Waals surface area contributed by atoms with Crippen LogP contribution in [0.25, 0.3) is 0 Å². The van der Waals surface area contributed by atoms with Crippen LogP contribution in [-0.2, 0) is 9.47 Å². The Kier molecular flexibility index (Phi) is 3.57. The number of hydrogen-bond donors (Lipinski definition) is 1. The average molecular weight is 227 g/mol. The Morgan fingerprint density at radius 2 is 1.94 bits per heavy atom. The lowest BCUT2D eigenvalue weighted by Crippen LogP contribution is -2.64. The van der Waals surface area contributed by atoms with Crippen LogP contribution in [0.5, 0.6) is 0 Å². The summed E-state index contributed by atoms with van der Waals surface area (Å²) in [7, 11) is 1.80. The Bertz CT molecular complexity index is 236. The first kappa shape index (κ1) is 12.3. The standard InChI is InChI=1S/C13H25NO2/c1-5-16-12-8-11(13(12,2)3)14-9-6-10(7-9)15-4/h9-12,14H,5-8H2,1-4H3. The minimum Gasteiger partial charge on any atom is -0.381 e. The molecule has 2 rings (SSSR count). The summed E-state index contributed by atoms with van der Waals surface area (Å²) < 4.78 is 11.0. The van der Waals surface area contributed by atoms with Crippen LogP contribution in [0.2, 0.25) is 0 Å². The van der Waals surface area contributed by atoms with Crippen LogP contribution >= 0.6 is 0 Å². The van der Waals surface area contributed by atoms with E-state index in [2.05, 4.69) is 26.1 Å². The highest BCUT2D eigenvalue weighted by atomic mass is 16.5. The molecule has 1 N–H and O–H groups in total. The number of rotatable bonds is 5. The minimum atomic E-state index is 0.286. The molecular weight excluding hydrogens is 202 g/mol. The number of hydrogen-bond acceptors (Lipinski definition) is 3. The van der Waals surface area contributed by atoms with E-state index in [1.807, 2.05) is 0 Å². The summed E-state index contributed by atoms with van der Waals surface area (Å²) in [4.78, 5) is 0. The van der Waals surface area contributed by atoms with Gasteiger partial charge >= 0.3 is 0 Å². The fraction of sp³-hybridized carbons (Fsp3) is 1.00. The Morgan fingerprint density at radius 1 is 1.25 bits per heavy atom. The third-order valence-corrected chi connectivity index (χ3v) is 4.41. The van der Waals surface area contributed by atoms with Crippen LogP contribution in [0, 0.1) is 5.41 Å². The van der Waals surface area contributed by atoms with Gasteiger partial charge in [-0.15, -0.1) is 0 Å². The quantitative estimate of drug-likeness (QED) is 0.779. The van der Waals surface area contributed by atoms with Gasteiger partial charge in [0.2, 0.25) is 0 Å². The molecule has 2 aliphatic carbocycles. The van der Waals surface area contributed by atoms with Crippen molar-refractivity contribution < 1.29 is 9.47 Å². The molecule has 2 aliphatic rings. The van der Waals surface area contributed by atoms with E-state index in [0.29, 0.717) is 24.3 Å². The summed E-state index contributed by atoms with van der Waals surface area (Å²) in [6, 6.07) is 1.28. The maximum absolute atomic E-state index is 5.73. The van der Waals surface area contributed by atoms with Crippen molar-refractivity contribution in [2.75, 3.05) is 13.7 Å². The molecule has 2 fully saturated rings. The molecule has 2 saturated carbocycles. The molecule has 2 atom stereocenters. The van der Waals surface area contributed by atoms with E-state index in [1.165, 1.54) is 12.8 Å². The summed E-state index contributed by atoms with van der Waals surface area (Å²) in [6.45, 7) is 7.52. The summed E-state index contributed by atoms with van der Waals surface area (Å²) in [5, 5.41) is 3.74. The molecule has 0 heterocycles. The molecule has 94 valence electrons. The smallest absolute Gasteiger partial charge is 0.0655 e. The van der Waals surface area contributed by atoms with Gasteiger partial charge in [0.05, 0.1) is 12.2 Å². The first-order valence-corrected chi connectivity index (χ1v) is 6.48. The average Bonchev–Trinajstić information content (AvgIpc) is 2.19. The fourth-order valence-corrected chi connectivity index (χ4v) is 2.83. The molecule has 0 aliphatic heterocycles. The first-order valence-electron chi connectivity index (χ1n) is 6.48. The maximum atomic E-state index is 5.73. The van der Waals surface area contributed by atoms with Gasteiger partial charge in [0.25, 0.3) is 0 Å². The van der Waals surface area contributed by atoms with E-state index in [-0.39, 0.29) is 5.41 Å². The molecule has 0 amide bonds. The van der Waals surface area contributed by atoms with Crippen LogP contribution in [-0.4, -0.2) is 38.0 Å². The molecule has 3 heteroatoms. The van der Waals surface area contributed by atoms with E-state index in [0.717, 1.165) is 13.0 Å². The molecule has 3 nitrogen and oxygen atoms in total. The van der Waals surface area contributed by atoms with E-state index >= 15 is 0 Å². The second-order valence-corrected chi connectivity index (χ2v) is 5.75. The fourth-order valence-electron chi connectivity index (χ4n) is 2.83. The van der Waals surface area contributed by atoms with Gasteiger partial charge in [-0.05, 0) is 26.2 Å².